The largest absolute Gasteiger partial charge is 0.497 e. The number of thioether (sulfide) groups is 1. The molecule has 0 unspecified atom stereocenters. The normalized spacial score (nSPS) is 23.9. The number of sulfone groups is 1. The Hall–Kier alpha value is -2.03. The highest BCUT2D eigenvalue weighted by Crippen LogP contribution is 2.41. The van der Waals surface area contributed by atoms with Crippen molar-refractivity contribution in [2.75, 3.05) is 23.5 Å². The van der Waals surface area contributed by atoms with Crippen molar-refractivity contribution < 1.29 is 17.9 Å². The Labute approximate surface area is 178 Å². The summed E-state index contributed by atoms with van der Waals surface area (Å²) in [5.41, 5.74) is 1.57. The van der Waals surface area contributed by atoms with E-state index in [1.165, 1.54) is 11.8 Å². The van der Waals surface area contributed by atoms with Gasteiger partial charge in [0.25, 0.3) is 5.91 Å². The number of carbonyl (C=O) groups is 1. The van der Waals surface area contributed by atoms with Crippen molar-refractivity contribution in [2.45, 2.75) is 17.7 Å². The zero-order valence-electron chi connectivity index (χ0n) is 15.6. The number of halogens is 1. The standard InChI is InChI=1S/C20H19ClN2O4S2/c1-27-16-7-5-13(6-8-16)9-19(24)22-20-23(15-4-2-3-14(21)10-15)17-11-29(25,26)12-18(17)28-20/h2-8,10,17-18H,9,11-12H2,1H3/t17-,18-/m1/s1. The number of carbonyl (C=O) groups excluding carboxylic acids is 1. The highest BCUT2D eigenvalue weighted by molar-refractivity contribution is 8.16. The number of anilines is 1. The van der Waals surface area contributed by atoms with Gasteiger partial charge in [0, 0.05) is 16.0 Å². The smallest absolute Gasteiger partial charge is 0.252 e. The number of nitrogens with zero attached hydrogens (tertiary/aromatic N) is 2. The molecule has 9 heteroatoms. The number of rotatable bonds is 4. The van der Waals surface area contributed by atoms with Gasteiger partial charge in [0.1, 0.15) is 5.75 Å². The monoisotopic (exact) mass is 450 g/mol. The molecule has 2 aliphatic rings. The third-order valence-corrected chi connectivity index (χ3v) is 8.33. The molecule has 6 nitrogen and oxygen atoms in total. The molecule has 152 valence electrons. The summed E-state index contributed by atoms with van der Waals surface area (Å²) in [4.78, 5) is 18.8. The van der Waals surface area contributed by atoms with Crippen LogP contribution in [0, 0.1) is 0 Å². The first-order valence-electron chi connectivity index (χ1n) is 9.01. The molecule has 2 saturated heterocycles. The van der Waals surface area contributed by atoms with Gasteiger partial charge in [0.2, 0.25) is 0 Å². The minimum absolute atomic E-state index is 0.0445. The van der Waals surface area contributed by atoms with E-state index in [4.69, 9.17) is 16.3 Å². The molecular formula is C20H19ClN2O4S2. The second-order valence-electron chi connectivity index (χ2n) is 6.96. The predicted octanol–water partition coefficient (Wildman–Crippen LogP) is 3.19. The molecule has 2 aromatic rings. The van der Waals surface area contributed by atoms with Crippen LogP contribution < -0.4 is 9.64 Å². The van der Waals surface area contributed by atoms with Crippen LogP contribution >= 0.6 is 23.4 Å². The minimum Gasteiger partial charge on any atom is -0.497 e. The van der Waals surface area contributed by atoms with Crippen LogP contribution in [0.25, 0.3) is 0 Å². The Bertz CT molecular complexity index is 1070. The van der Waals surface area contributed by atoms with Crippen molar-refractivity contribution in [3.63, 3.8) is 0 Å². The summed E-state index contributed by atoms with van der Waals surface area (Å²) in [5.74, 6) is 0.570. The van der Waals surface area contributed by atoms with E-state index in [9.17, 15) is 13.2 Å². The van der Waals surface area contributed by atoms with Gasteiger partial charge in [-0.3, -0.25) is 4.79 Å². The van der Waals surface area contributed by atoms with Gasteiger partial charge in [-0.1, -0.05) is 41.6 Å². The second-order valence-corrected chi connectivity index (χ2v) is 10.8. The Morgan fingerprint density at radius 3 is 2.69 bits per heavy atom. The number of fused-ring (bicyclic) bond motifs is 1. The molecule has 0 aliphatic carbocycles. The minimum atomic E-state index is -3.11. The summed E-state index contributed by atoms with van der Waals surface area (Å²) in [7, 11) is -1.52. The van der Waals surface area contributed by atoms with Gasteiger partial charge < -0.3 is 9.64 Å². The van der Waals surface area contributed by atoms with Crippen molar-refractivity contribution in [3.8, 4) is 5.75 Å². The summed E-state index contributed by atoms with van der Waals surface area (Å²) in [6.45, 7) is 0. The van der Waals surface area contributed by atoms with Crippen LogP contribution in [0.1, 0.15) is 5.56 Å². The first-order chi connectivity index (χ1) is 13.8. The molecule has 0 aromatic heterocycles. The van der Waals surface area contributed by atoms with E-state index in [2.05, 4.69) is 4.99 Å². The Morgan fingerprint density at radius 1 is 1.24 bits per heavy atom. The number of methoxy groups -OCH3 is 1. The van der Waals surface area contributed by atoms with Crippen LogP contribution in [-0.2, 0) is 21.1 Å². The van der Waals surface area contributed by atoms with Gasteiger partial charge >= 0.3 is 0 Å². The van der Waals surface area contributed by atoms with E-state index in [1.54, 1.807) is 37.4 Å². The average molecular weight is 451 g/mol. The van der Waals surface area contributed by atoms with Crippen LogP contribution in [0.15, 0.2) is 53.5 Å². The molecule has 2 aliphatic heterocycles. The lowest BCUT2D eigenvalue weighted by molar-refractivity contribution is -0.117. The molecular weight excluding hydrogens is 432 g/mol. The highest BCUT2D eigenvalue weighted by atomic mass is 35.5. The number of amidine groups is 1. The quantitative estimate of drug-likeness (QED) is 0.712. The third kappa shape index (κ3) is 4.44. The van der Waals surface area contributed by atoms with E-state index in [-0.39, 0.29) is 35.1 Å². The molecule has 29 heavy (non-hydrogen) atoms. The molecule has 0 saturated carbocycles. The molecule has 2 fully saturated rings. The van der Waals surface area contributed by atoms with E-state index in [0.29, 0.717) is 10.2 Å². The number of amides is 1. The van der Waals surface area contributed by atoms with E-state index in [0.717, 1.165) is 17.0 Å². The maximum Gasteiger partial charge on any atom is 0.252 e. The van der Waals surface area contributed by atoms with E-state index < -0.39 is 9.84 Å². The first kappa shape index (κ1) is 20.3. The number of hydrogen-bond donors (Lipinski definition) is 0. The van der Waals surface area contributed by atoms with Crippen LogP contribution in [-0.4, -0.2) is 49.4 Å². The van der Waals surface area contributed by atoms with Crippen molar-refractivity contribution in [3.05, 3.63) is 59.1 Å². The number of benzene rings is 2. The first-order valence-corrected chi connectivity index (χ1v) is 12.1. The fourth-order valence-corrected chi connectivity index (χ4v) is 7.67. The SMILES string of the molecule is COc1ccc(CC(=O)N=C2S[C@@H]3CS(=O)(=O)C[C@H]3N2c2cccc(Cl)c2)cc1. The lowest BCUT2D eigenvalue weighted by atomic mass is 10.1. The Morgan fingerprint density at radius 2 is 2.00 bits per heavy atom. The lowest BCUT2D eigenvalue weighted by Gasteiger charge is -2.24. The van der Waals surface area contributed by atoms with Crippen molar-refractivity contribution >= 4 is 50.0 Å². The average Bonchev–Trinajstić information content (AvgIpc) is 3.12. The molecule has 0 spiro atoms. The highest BCUT2D eigenvalue weighted by Gasteiger charge is 2.49. The number of ether oxygens (including phenoxy) is 1. The fraction of sp³-hybridized carbons (Fsp3) is 0.300. The number of hydrogen-bond acceptors (Lipinski definition) is 5. The van der Waals surface area contributed by atoms with Gasteiger partial charge in [-0.05, 0) is 35.9 Å². The van der Waals surface area contributed by atoms with E-state index in [1.807, 2.05) is 23.1 Å². The van der Waals surface area contributed by atoms with Crippen LogP contribution in [0.4, 0.5) is 5.69 Å². The van der Waals surface area contributed by atoms with Gasteiger partial charge in [0.15, 0.2) is 15.0 Å². The lowest BCUT2D eigenvalue weighted by Crippen LogP contribution is -2.37. The van der Waals surface area contributed by atoms with Gasteiger partial charge in [-0.25, -0.2) is 8.42 Å². The maximum absolute atomic E-state index is 12.6. The fourth-order valence-electron chi connectivity index (χ4n) is 3.56. The third-order valence-electron chi connectivity index (χ3n) is 4.89. The van der Waals surface area contributed by atoms with Gasteiger partial charge in [0.05, 0.1) is 31.1 Å². The number of aliphatic imine (C=N–C) groups is 1. The second kappa shape index (κ2) is 8.01. The summed E-state index contributed by atoms with van der Waals surface area (Å²) in [5, 5.41) is 0.919. The molecule has 0 bridgehead atoms. The van der Waals surface area contributed by atoms with Crippen molar-refractivity contribution in [1.82, 2.24) is 0 Å². The van der Waals surface area contributed by atoms with Gasteiger partial charge in [-0.2, -0.15) is 4.99 Å². The summed E-state index contributed by atoms with van der Waals surface area (Å²) < 4.78 is 29.4. The molecule has 0 N–H and O–H groups in total. The Kier molecular flexibility index (Phi) is 5.59. The molecule has 0 radical (unpaired) electrons. The molecule has 2 heterocycles. The Balaban J connectivity index is 1.61. The molecule has 2 atom stereocenters. The molecule has 4 rings (SSSR count). The maximum atomic E-state index is 12.6. The van der Waals surface area contributed by atoms with Crippen LogP contribution in [0.2, 0.25) is 5.02 Å². The molecule has 2 aromatic carbocycles. The summed E-state index contributed by atoms with van der Waals surface area (Å²) in [6, 6.07) is 14.2. The predicted molar refractivity (Wildman–Crippen MR) is 117 cm³/mol. The van der Waals surface area contributed by atoms with E-state index >= 15 is 0 Å². The summed E-state index contributed by atoms with van der Waals surface area (Å²) in [6.07, 6.45) is 0.158. The van der Waals surface area contributed by atoms with Crippen molar-refractivity contribution in [1.29, 1.82) is 0 Å². The zero-order chi connectivity index (χ0) is 20.6. The van der Waals surface area contributed by atoms with Gasteiger partial charge in [-0.15, -0.1) is 0 Å². The zero-order valence-corrected chi connectivity index (χ0v) is 18.0. The van der Waals surface area contributed by atoms with Crippen LogP contribution in [0.5, 0.6) is 5.75 Å². The van der Waals surface area contributed by atoms with Crippen molar-refractivity contribution in [2.24, 2.45) is 4.99 Å². The van der Waals surface area contributed by atoms with Crippen LogP contribution in [0.3, 0.4) is 0 Å². The topological polar surface area (TPSA) is 76.0 Å². The summed E-state index contributed by atoms with van der Waals surface area (Å²) >= 11 is 7.49. The molecule has 1 amide bonds.